The number of aliphatic imine (C=N–C) groups is 1. The molecule has 0 amide bonds. The second kappa shape index (κ2) is 11.9. The number of nitrogens with zero attached hydrogens (tertiary/aromatic N) is 1. The lowest BCUT2D eigenvalue weighted by molar-refractivity contribution is 0.599. The van der Waals surface area contributed by atoms with E-state index < -0.39 is 15.8 Å². The molecule has 1 aliphatic rings. The number of rotatable bonds is 8. The Morgan fingerprint density at radius 1 is 1.37 bits per heavy atom. The summed E-state index contributed by atoms with van der Waals surface area (Å²) in [4.78, 5) is 4.53. The van der Waals surface area contributed by atoms with Crippen LogP contribution in [0.25, 0.3) is 0 Å². The quantitative estimate of drug-likeness (QED) is 0.274. The van der Waals surface area contributed by atoms with Crippen LogP contribution in [0.5, 0.6) is 0 Å². The van der Waals surface area contributed by atoms with Gasteiger partial charge < -0.3 is 10.6 Å². The number of guanidine groups is 1. The van der Waals surface area contributed by atoms with Crippen molar-refractivity contribution in [3.05, 3.63) is 29.6 Å². The molecule has 0 spiro atoms. The number of halogens is 2. The molecule has 1 atom stereocenters. The molecule has 1 fully saturated rings. The average molecular weight is 530 g/mol. The molecule has 1 aromatic rings. The molecule has 0 bridgehead atoms. The molecule has 1 aromatic carbocycles. The number of aryl methyl sites for hydroxylation is 1. The monoisotopic (exact) mass is 530 g/mol. The van der Waals surface area contributed by atoms with Crippen LogP contribution in [0.4, 0.5) is 10.1 Å². The van der Waals surface area contributed by atoms with E-state index in [9.17, 15) is 12.8 Å². The lowest BCUT2D eigenvalue weighted by Crippen LogP contribution is -2.40. The second-order valence-corrected chi connectivity index (χ2v) is 9.42. The zero-order valence-corrected chi connectivity index (χ0v) is 19.6. The van der Waals surface area contributed by atoms with Gasteiger partial charge >= 0.3 is 0 Å². The highest BCUT2D eigenvalue weighted by molar-refractivity contribution is 14.0. The molecule has 1 heterocycles. The predicted octanol–water partition coefficient (Wildman–Crippen LogP) is 2.94. The van der Waals surface area contributed by atoms with Crippen molar-refractivity contribution < 1.29 is 12.8 Å². The number of hydrogen-bond acceptors (Lipinski definition) is 4. The summed E-state index contributed by atoms with van der Waals surface area (Å²) in [6.45, 7) is 5.24. The van der Waals surface area contributed by atoms with Crippen molar-refractivity contribution in [2.45, 2.75) is 31.9 Å². The van der Waals surface area contributed by atoms with Gasteiger partial charge in [-0.25, -0.2) is 12.8 Å². The number of sulfonamides is 1. The van der Waals surface area contributed by atoms with E-state index in [1.54, 1.807) is 19.1 Å². The maximum Gasteiger partial charge on any atom is 0.234 e. The number of anilines is 1. The first kappa shape index (κ1) is 24.3. The molecule has 1 unspecified atom stereocenters. The van der Waals surface area contributed by atoms with Crippen molar-refractivity contribution >= 4 is 57.4 Å². The molecule has 1 saturated heterocycles. The van der Waals surface area contributed by atoms with Crippen LogP contribution in [0.2, 0.25) is 0 Å². The molecule has 2 rings (SSSR count). The lowest BCUT2D eigenvalue weighted by Gasteiger charge is -2.13. The van der Waals surface area contributed by atoms with Gasteiger partial charge in [0, 0.05) is 18.3 Å². The van der Waals surface area contributed by atoms with Gasteiger partial charge in [0.1, 0.15) is 5.82 Å². The fourth-order valence-corrected chi connectivity index (χ4v) is 4.65. The summed E-state index contributed by atoms with van der Waals surface area (Å²) in [6, 6.07) is 4.28. The molecule has 6 nitrogen and oxygen atoms in total. The van der Waals surface area contributed by atoms with Gasteiger partial charge in [-0.15, -0.1) is 24.0 Å². The number of nitrogens with one attached hydrogen (secondary N) is 3. The maximum absolute atomic E-state index is 13.5. The summed E-state index contributed by atoms with van der Waals surface area (Å²) in [5.41, 5.74) is 0.702. The maximum atomic E-state index is 13.5. The first-order valence-electron chi connectivity index (χ1n) is 8.80. The second-order valence-electron chi connectivity index (χ2n) is 6.17. The minimum Gasteiger partial charge on any atom is -0.357 e. The number of hydrogen-bond donors (Lipinski definition) is 3. The van der Waals surface area contributed by atoms with E-state index in [0.29, 0.717) is 23.3 Å². The Balaban J connectivity index is 0.00000364. The fraction of sp³-hybridized carbons (Fsp3) is 0.588. The molecular formula is C17H28FIN4O2S2. The smallest absolute Gasteiger partial charge is 0.234 e. The van der Waals surface area contributed by atoms with Crippen LogP contribution in [-0.4, -0.2) is 50.8 Å². The van der Waals surface area contributed by atoms with Crippen molar-refractivity contribution in [1.29, 1.82) is 0 Å². The summed E-state index contributed by atoms with van der Waals surface area (Å²) < 4.78 is 40.3. The Bertz CT molecular complexity index is 726. The summed E-state index contributed by atoms with van der Waals surface area (Å²) in [7, 11) is -3.57. The van der Waals surface area contributed by atoms with E-state index in [-0.39, 0.29) is 42.0 Å². The SMILES string of the molecule is CCNC(=NCC1CCCS1)NCCS(=O)(=O)Nc1ccc(C)c(F)c1.I. The van der Waals surface area contributed by atoms with E-state index in [4.69, 9.17) is 0 Å². The largest absolute Gasteiger partial charge is 0.357 e. The first-order valence-corrected chi connectivity index (χ1v) is 11.5. The van der Waals surface area contributed by atoms with E-state index in [1.165, 1.54) is 24.7 Å². The highest BCUT2D eigenvalue weighted by Gasteiger charge is 2.15. The van der Waals surface area contributed by atoms with Crippen LogP contribution in [-0.2, 0) is 10.0 Å². The molecule has 0 aromatic heterocycles. The fourth-order valence-electron chi connectivity index (χ4n) is 2.51. The molecule has 27 heavy (non-hydrogen) atoms. The van der Waals surface area contributed by atoms with Gasteiger partial charge in [-0.1, -0.05) is 6.07 Å². The Morgan fingerprint density at radius 3 is 2.78 bits per heavy atom. The molecule has 0 radical (unpaired) electrons. The standard InChI is InChI=1S/C17H27FN4O2S2.HI/c1-3-19-17(21-12-15-5-4-9-25-15)20-8-10-26(23,24)22-14-7-6-13(2)16(18)11-14;/h6-7,11,15,22H,3-5,8-10,12H2,1-2H3,(H2,19,20,21);1H. The number of thioether (sulfide) groups is 1. The first-order chi connectivity index (χ1) is 12.4. The van der Waals surface area contributed by atoms with E-state index in [0.717, 1.165) is 6.54 Å². The van der Waals surface area contributed by atoms with Crippen LogP contribution in [0, 0.1) is 12.7 Å². The highest BCUT2D eigenvalue weighted by Crippen LogP contribution is 2.26. The zero-order chi connectivity index (χ0) is 19.0. The molecule has 0 saturated carbocycles. The Hall–Kier alpha value is -0.750. The summed E-state index contributed by atoms with van der Waals surface area (Å²) in [5, 5.41) is 6.71. The minimum absolute atomic E-state index is 0. The van der Waals surface area contributed by atoms with Crippen molar-refractivity contribution in [3.8, 4) is 0 Å². The minimum atomic E-state index is -3.57. The predicted molar refractivity (Wildman–Crippen MR) is 123 cm³/mol. The van der Waals surface area contributed by atoms with Gasteiger partial charge in [-0.05, 0) is 50.1 Å². The van der Waals surface area contributed by atoms with E-state index >= 15 is 0 Å². The Morgan fingerprint density at radius 2 is 2.15 bits per heavy atom. The van der Waals surface area contributed by atoms with Gasteiger partial charge in [0.2, 0.25) is 10.0 Å². The number of benzene rings is 1. The van der Waals surface area contributed by atoms with Crippen molar-refractivity contribution in [2.24, 2.45) is 4.99 Å². The molecule has 3 N–H and O–H groups in total. The summed E-state index contributed by atoms with van der Waals surface area (Å²) >= 11 is 1.93. The lowest BCUT2D eigenvalue weighted by atomic mass is 10.2. The van der Waals surface area contributed by atoms with Gasteiger partial charge in [0.25, 0.3) is 0 Å². The van der Waals surface area contributed by atoms with Gasteiger partial charge in [0.05, 0.1) is 18.0 Å². The van der Waals surface area contributed by atoms with Crippen molar-refractivity contribution in [3.63, 3.8) is 0 Å². The van der Waals surface area contributed by atoms with Crippen molar-refractivity contribution in [1.82, 2.24) is 10.6 Å². The third-order valence-corrected chi connectivity index (χ3v) is 6.60. The topological polar surface area (TPSA) is 82.6 Å². The van der Waals surface area contributed by atoms with Crippen molar-refractivity contribution in [2.75, 3.05) is 35.9 Å². The third kappa shape index (κ3) is 8.86. The van der Waals surface area contributed by atoms with Crippen LogP contribution in [0.3, 0.4) is 0 Å². The third-order valence-electron chi connectivity index (χ3n) is 3.93. The molecule has 0 aliphatic carbocycles. The van der Waals surface area contributed by atoms with Crippen LogP contribution in [0.15, 0.2) is 23.2 Å². The van der Waals surface area contributed by atoms with Gasteiger partial charge in [0.15, 0.2) is 5.96 Å². The molecule has 10 heteroatoms. The van der Waals surface area contributed by atoms with Crippen LogP contribution >= 0.6 is 35.7 Å². The highest BCUT2D eigenvalue weighted by atomic mass is 127. The van der Waals surface area contributed by atoms with Crippen LogP contribution < -0.4 is 15.4 Å². The van der Waals surface area contributed by atoms with E-state index in [2.05, 4.69) is 20.3 Å². The zero-order valence-electron chi connectivity index (χ0n) is 15.6. The summed E-state index contributed by atoms with van der Waals surface area (Å²) in [5.74, 6) is 1.24. The summed E-state index contributed by atoms with van der Waals surface area (Å²) in [6.07, 6.45) is 2.41. The van der Waals surface area contributed by atoms with Crippen LogP contribution in [0.1, 0.15) is 25.3 Å². The van der Waals surface area contributed by atoms with Gasteiger partial charge in [-0.2, -0.15) is 11.8 Å². The molecule has 154 valence electrons. The van der Waals surface area contributed by atoms with Gasteiger partial charge in [-0.3, -0.25) is 9.71 Å². The molecular weight excluding hydrogens is 502 g/mol. The normalized spacial score (nSPS) is 17.3. The Labute approximate surface area is 182 Å². The molecule has 1 aliphatic heterocycles. The average Bonchev–Trinajstić information content (AvgIpc) is 3.09. The Kier molecular flexibility index (Phi) is 10.7. The van der Waals surface area contributed by atoms with E-state index in [1.807, 2.05) is 18.7 Å².